The Bertz CT molecular complexity index is 483. The van der Waals surface area contributed by atoms with Crippen LogP contribution in [0.2, 0.25) is 0 Å². The van der Waals surface area contributed by atoms with E-state index < -0.39 is 15.9 Å². The fraction of sp³-hybridized carbons (Fsp3) is 0.667. The molecule has 6 heteroatoms. The normalized spacial score (nSPS) is 28.7. The van der Waals surface area contributed by atoms with Crippen molar-refractivity contribution < 1.29 is 13.5 Å². The van der Waals surface area contributed by atoms with Gasteiger partial charge in [0.15, 0.2) is 9.84 Å². The van der Waals surface area contributed by atoms with Crippen molar-refractivity contribution in [3.05, 3.63) is 22.4 Å². The van der Waals surface area contributed by atoms with E-state index >= 15 is 0 Å². The number of likely N-dealkylation sites (N-methyl/N-ethyl adjacent to an activating group) is 1. The van der Waals surface area contributed by atoms with Gasteiger partial charge in [0.1, 0.15) is 0 Å². The van der Waals surface area contributed by atoms with Gasteiger partial charge in [-0.25, -0.2) is 8.42 Å². The highest BCUT2D eigenvalue weighted by Crippen LogP contribution is 2.21. The highest BCUT2D eigenvalue weighted by molar-refractivity contribution is 7.91. The van der Waals surface area contributed by atoms with Gasteiger partial charge in [-0.15, -0.1) is 11.3 Å². The van der Waals surface area contributed by atoms with Crippen LogP contribution in [0.5, 0.6) is 0 Å². The van der Waals surface area contributed by atoms with Gasteiger partial charge in [0.05, 0.1) is 23.7 Å². The van der Waals surface area contributed by atoms with E-state index in [0.717, 1.165) is 6.42 Å². The van der Waals surface area contributed by atoms with E-state index in [1.807, 2.05) is 23.4 Å². The summed E-state index contributed by atoms with van der Waals surface area (Å²) in [6.45, 7) is 2.07. The van der Waals surface area contributed by atoms with Crippen molar-refractivity contribution in [2.45, 2.75) is 31.5 Å². The van der Waals surface area contributed by atoms with Crippen molar-refractivity contribution >= 4 is 21.2 Å². The molecule has 0 aromatic carbocycles. The van der Waals surface area contributed by atoms with Crippen LogP contribution in [0.15, 0.2) is 17.5 Å². The molecule has 1 aromatic heterocycles. The minimum absolute atomic E-state index is 0.0689. The number of aliphatic hydroxyl groups is 1. The highest BCUT2D eigenvalue weighted by atomic mass is 32.2. The summed E-state index contributed by atoms with van der Waals surface area (Å²) in [7, 11) is -1.18. The Kier molecular flexibility index (Phi) is 4.11. The van der Waals surface area contributed by atoms with Crippen molar-refractivity contribution in [3.8, 4) is 0 Å². The van der Waals surface area contributed by atoms with Crippen molar-refractivity contribution in [2.24, 2.45) is 0 Å². The summed E-state index contributed by atoms with van der Waals surface area (Å²) in [5.74, 6) is -0.0345. The van der Waals surface area contributed by atoms with E-state index in [4.69, 9.17) is 0 Å². The third-order valence-electron chi connectivity index (χ3n) is 3.59. The molecule has 1 aromatic rings. The topological polar surface area (TPSA) is 57.6 Å². The van der Waals surface area contributed by atoms with E-state index in [9.17, 15) is 13.5 Å². The summed E-state index contributed by atoms with van der Waals surface area (Å²) in [6.07, 6.45) is 0.128. The maximum absolute atomic E-state index is 11.5. The molecule has 2 rings (SSSR count). The van der Waals surface area contributed by atoms with Crippen molar-refractivity contribution in [1.29, 1.82) is 0 Å². The van der Waals surface area contributed by atoms with Crippen molar-refractivity contribution in [3.63, 3.8) is 0 Å². The molecule has 0 bridgehead atoms. The zero-order valence-electron chi connectivity index (χ0n) is 10.6. The molecule has 1 N–H and O–H groups in total. The predicted molar refractivity (Wildman–Crippen MR) is 73.7 cm³/mol. The van der Waals surface area contributed by atoms with Crippen LogP contribution in [0, 0.1) is 0 Å². The van der Waals surface area contributed by atoms with Crippen molar-refractivity contribution in [2.75, 3.05) is 18.6 Å². The lowest BCUT2D eigenvalue weighted by molar-refractivity contribution is 0.0780. The van der Waals surface area contributed by atoms with E-state index in [1.54, 1.807) is 11.3 Å². The smallest absolute Gasteiger partial charge is 0.154 e. The first-order valence-corrected chi connectivity index (χ1v) is 8.72. The van der Waals surface area contributed by atoms with Crippen LogP contribution in [0.1, 0.15) is 11.8 Å². The average molecular weight is 289 g/mol. The summed E-state index contributed by atoms with van der Waals surface area (Å²) in [6, 6.07) is 4.04. The average Bonchev–Trinajstić information content (AvgIpc) is 2.85. The summed E-state index contributed by atoms with van der Waals surface area (Å²) in [4.78, 5) is 3.28. The Balaban J connectivity index is 2.00. The summed E-state index contributed by atoms with van der Waals surface area (Å²) in [5.41, 5.74) is 0. The van der Waals surface area contributed by atoms with Gasteiger partial charge < -0.3 is 5.11 Å². The Morgan fingerprint density at radius 1 is 1.56 bits per heavy atom. The number of nitrogens with zero attached hydrogens (tertiary/aromatic N) is 1. The zero-order chi connectivity index (χ0) is 13.3. The number of hydrogen-bond acceptors (Lipinski definition) is 5. The van der Waals surface area contributed by atoms with Gasteiger partial charge >= 0.3 is 0 Å². The lowest BCUT2D eigenvalue weighted by Crippen LogP contribution is -2.46. The second-order valence-electron chi connectivity index (χ2n) is 5.01. The largest absolute Gasteiger partial charge is 0.390 e. The summed E-state index contributed by atoms with van der Waals surface area (Å²) < 4.78 is 23.0. The second-order valence-corrected chi connectivity index (χ2v) is 8.20. The van der Waals surface area contributed by atoms with Gasteiger partial charge in [0.2, 0.25) is 0 Å². The molecule has 18 heavy (non-hydrogen) atoms. The fourth-order valence-electron chi connectivity index (χ4n) is 2.39. The molecule has 4 nitrogen and oxygen atoms in total. The minimum Gasteiger partial charge on any atom is -0.390 e. The van der Waals surface area contributed by atoms with E-state index in [2.05, 4.69) is 13.0 Å². The highest BCUT2D eigenvalue weighted by Gasteiger charge is 2.39. The van der Waals surface area contributed by atoms with Crippen LogP contribution >= 0.6 is 11.3 Å². The first-order chi connectivity index (χ1) is 8.39. The number of aliphatic hydroxyl groups excluding tert-OH is 1. The molecule has 0 radical (unpaired) electrons. The maximum atomic E-state index is 11.5. The SMILES string of the molecule is CC(Cc1cccs1)N(C)C1CS(=O)(=O)CC1O. The van der Waals surface area contributed by atoms with Gasteiger partial charge in [0, 0.05) is 10.9 Å². The summed E-state index contributed by atoms with van der Waals surface area (Å²) >= 11 is 1.70. The molecule has 0 aliphatic carbocycles. The maximum Gasteiger partial charge on any atom is 0.154 e. The number of thiophene rings is 1. The van der Waals surface area contributed by atoms with Crippen LogP contribution in [-0.2, 0) is 16.3 Å². The third kappa shape index (κ3) is 3.12. The molecule has 3 atom stereocenters. The monoisotopic (exact) mass is 289 g/mol. The molecule has 1 aliphatic heterocycles. The quantitative estimate of drug-likeness (QED) is 0.889. The van der Waals surface area contributed by atoms with Gasteiger partial charge in [-0.1, -0.05) is 6.07 Å². The first kappa shape index (κ1) is 14.0. The van der Waals surface area contributed by atoms with E-state index in [0.29, 0.717) is 0 Å². The first-order valence-electron chi connectivity index (χ1n) is 6.02. The van der Waals surface area contributed by atoms with Gasteiger partial charge in [0.25, 0.3) is 0 Å². The second kappa shape index (κ2) is 5.28. The van der Waals surface area contributed by atoms with Gasteiger partial charge in [-0.05, 0) is 31.8 Å². The zero-order valence-corrected chi connectivity index (χ0v) is 12.2. The summed E-state index contributed by atoms with van der Waals surface area (Å²) in [5, 5.41) is 11.9. The van der Waals surface area contributed by atoms with Gasteiger partial charge in [-0.2, -0.15) is 0 Å². The van der Waals surface area contributed by atoms with Gasteiger partial charge in [-0.3, -0.25) is 4.90 Å². The number of rotatable bonds is 4. The van der Waals surface area contributed by atoms with Crippen LogP contribution < -0.4 is 0 Å². The van der Waals surface area contributed by atoms with Crippen LogP contribution in [0.3, 0.4) is 0 Å². The Morgan fingerprint density at radius 2 is 2.28 bits per heavy atom. The lowest BCUT2D eigenvalue weighted by atomic mass is 10.1. The van der Waals surface area contributed by atoms with E-state index in [-0.39, 0.29) is 23.6 Å². The predicted octanol–water partition coefficient (Wildman–Crippen LogP) is 0.769. The number of sulfone groups is 1. The molecule has 0 saturated carbocycles. The Labute approximate surface area is 112 Å². The number of hydrogen-bond donors (Lipinski definition) is 1. The molecule has 3 unspecified atom stereocenters. The molecule has 102 valence electrons. The minimum atomic E-state index is -3.07. The molecular weight excluding hydrogens is 270 g/mol. The molecule has 2 heterocycles. The van der Waals surface area contributed by atoms with E-state index in [1.165, 1.54) is 4.88 Å². The molecule has 1 saturated heterocycles. The third-order valence-corrected chi connectivity index (χ3v) is 6.19. The molecular formula is C12H19NO3S2. The van der Waals surface area contributed by atoms with Crippen LogP contribution in [0.25, 0.3) is 0 Å². The van der Waals surface area contributed by atoms with Crippen LogP contribution in [-0.4, -0.2) is 55.2 Å². The molecule has 0 spiro atoms. The fourth-order valence-corrected chi connectivity index (χ4v) is 5.07. The molecule has 0 amide bonds. The standard InChI is InChI=1S/C12H19NO3S2/c1-9(6-10-4-3-5-17-10)13(2)11-7-18(15,16)8-12(11)14/h3-5,9,11-12,14H,6-8H2,1-2H3. The Hall–Kier alpha value is -0.430. The van der Waals surface area contributed by atoms with Crippen LogP contribution in [0.4, 0.5) is 0 Å². The lowest BCUT2D eigenvalue weighted by Gasteiger charge is -2.31. The van der Waals surface area contributed by atoms with Crippen molar-refractivity contribution in [1.82, 2.24) is 4.90 Å². The Morgan fingerprint density at radius 3 is 2.78 bits per heavy atom. The molecule has 1 aliphatic rings. The molecule has 1 fully saturated rings.